The van der Waals surface area contributed by atoms with E-state index in [9.17, 15) is 0 Å². The molecule has 0 aromatic heterocycles. The van der Waals surface area contributed by atoms with Gasteiger partial charge in [0, 0.05) is 5.02 Å². The van der Waals surface area contributed by atoms with Gasteiger partial charge in [0.05, 0.1) is 18.3 Å². The Morgan fingerprint density at radius 2 is 2.06 bits per heavy atom. The quantitative estimate of drug-likeness (QED) is 0.641. The van der Waals surface area contributed by atoms with Crippen molar-refractivity contribution in [3.05, 3.63) is 28.8 Å². The van der Waals surface area contributed by atoms with E-state index in [1.165, 1.54) is 19.3 Å². The van der Waals surface area contributed by atoms with Gasteiger partial charge in [-0.15, -0.1) is 0 Å². The SMILES string of the molecule is OCc1cc(NN=NC2CCCCC2)ccc1Cl. The summed E-state index contributed by atoms with van der Waals surface area (Å²) in [7, 11) is 0. The molecule has 0 atom stereocenters. The van der Waals surface area contributed by atoms with Crippen LogP contribution in [0, 0.1) is 0 Å². The fourth-order valence-corrected chi connectivity index (χ4v) is 2.31. The Morgan fingerprint density at radius 1 is 1.28 bits per heavy atom. The molecule has 2 rings (SSSR count). The van der Waals surface area contributed by atoms with Gasteiger partial charge in [-0.3, -0.25) is 5.43 Å². The topological polar surface area (TPSA) is 57.0 Å². The van der Waals surface area contributed by atoms with Crippen LogP contribution in [-0.2, 0) is 6.61 Å². The van der Waals surface area contributed by atoms with Gasteiger partial charge >= 0.3 is 0 Å². The van der Waals surface area contributed by atoms with Gasteiger partial charge in [-0.1, -0.05) is 36.1 Å². The molecule has 0 amide bonds. The lowest BCUT2D eigenvalue weighted by Gasteiger charge is -2.15. The minimum Gasteiger partial charge on any atom is -0.392 e. The van der Waals surface area contributed by atoms with Crippen molar-refractivity contribution in [3.63, 3.8) is 0 Å². The first-order valence-electron chi connectivity index (χ1n) is 6.35. The monoisotopic (exact) mass is 267 g/mol. The molecule has 0 bridgehead atoms. The molecule has 0 spiro atoms. The largest absolute Gasteiger partial charge is 0.392 e. The number of aliphatic hydroxyl groups excluding tert-OH is 1. The van der Waals surface area contributed by atoms with Crippen LogP contribution in [0.4, 0.5) is 5.69 Å². The lowest BCUT2D eigenvalue weighted by molar-refractivity contribution is 0.282. The molecule has 1 saturated carbocycles. The van der Waals surface area contributed by atoms with Gasteiger partial charge in [-0.2, -0.15) is 5.11 Å². The number of nitrogens with one attached hydrogen (secondary N) is 1. The van der Waals surface area contributed by atoms with E-state index in [1.807, 2.05) is 6.07 Å². The zero-order valence-electron chi connectivity index (χ0n) is 10.3. The van der Waals surface area contributed by atoms with Crippen molar-refractivity contribution in [3.8, 4) is 0 Å². The van der Waals surface area contributed by atoms with Crippen molar-refractivity contribution >= 4 is 17.3 Å². The third-order valence-electron chi connectivity index (χ3n) is 3.19. The maximum Gasteiger partial charge on any atom is 0.0729 e. The fraction of sp³-hybridized carbons (Fsp3) is 0.538. The van der Waals surface area contributed by atoms with Crippen LogP contribution in [0.5, 0.6) is 0 Å². The van der Waals surface area contributed by atoms with Crippen molar-refractivity contribution in [1.29, 1.82) is 0 Å². The Kier molecular flexibility index (Phi) is 4.96. The van der Waals surface area contributed by atoms with Crippen molar-refractivity contribution in [2.24, 2.45) is 10.3 Å². The van der Waals surface area contributed by atoms with Crippen LogP contribution in [0.25, 0.3) is 0 Å². The molecule has 18 heavy (non-hydrogen) atoms. The third-order valence-corrected chi connectivity index (χ3v) is 3.56. The maximum atomic E-state index is 9.11. The molecular weight excluding hydrogens is 250 g/mol. The first kappa shape index (κ1) is 13.3. The molecule has 1 aliphatic carbocycles. The molecule has 0 unspecified atom stereocenters. The van der Waals surface area contributed by atoms with Gasteiger partial charge in [-0.25, -0.2) is 0 Å². The van der Waals surface area contributed by atoms with Crippen LogP contribution in [0.1, 0.15) is 37.7 Å². The zero-order valence-corrected chi connectivity index (χ0v) is 11.0. The van der Waals surface area contributed by atoms with E-state index in [1.54, 1.807) is 12.1 Å². The summed E-state index contributed by atoms with van der Waals surface area (Å²) >= 11 is 5.91. The standard InChI is InChI=1S/C13H18ClN3O/c14-13-7-6-12(8-10(13)9-18)16-17-15-11-4-2-1-3-5-11/h6-8,11,18H,1-5,9H2,(H,15,16). The highest BCUT2D eigenvalue weighted by atomic mass is 35.5. The van der Waals surface area contributed by atoms with Crippen LogP contribution < -0.4 is 5.43 Å². The van der Waals surface area contributed by atoms with Gasteiger partial charge in [0.25, 0.3) is 0 Å². The summed E-state index contributed by atoms with van der Waals surface area (Å²) in [6.45, 7) is -0.0753. The second-order valence-electron chi connectivity index (χ2n) is 4.58. The summed E-state index contributed by atoms with van der Waals surface area (Å²) in [6, 6.07) is 5.70. The number of hydrogen-bond donors (Lipinski definition) is 2. The summed E-state index contributed by atoms with van der Waals surface area (Å²) < 4.78 is 0. The first-order valence-corrected chi connectivity index (χ1v) is 6.72. The Hall–Kier alpha value is -1.13. The Balaban J connectivity index is 1.90. The highest BCUT2D eigenvalue weighted by Crippen LogP contribution is 2.22. The number of nitrogens with zero attached hydrogens (tertiary/aromatic N) is 2. The normalized spacial score (nSPS) is 17.2. The minimum absolute atomic E-state index is 0.0753. The van der Waals surface area contributed by atoms with Gasteiger partial charge in [0.1, 0.15) is 0 Å². The number of aliphatic hydroxyl groups is 1. The smallest absolute Gasteiger partial charge is 0.0729 e. The Bertz CT molecular complexity index is 417. The van der Waals surface area contributed by atoms with Crippen LogP contribution in [0.2, 0.25) is 5.02 Å². The second-order valence-corrected chi connectivity index (χ2v) is 4.99. The molecule has 1 fully saturated rings. The Morgan fingerprint density at radius 3 is 2.78 bits per heavy atom. The number of benzene rings is 1. The van der Waals surface area contributed by atoms with Crippen molar-refractivity contribution < 1.29 is 5.11 Å². The molecule has 0 saturated heterocycles. The van der Waals surface area contributed by atoms with Crippen molar-refractivity contribution in [1.82, 2.24) is 0 Å². The van der Waals surface area contributed by atoms with Gasteiger partial charge in [-0.05, 0) is 36.6 Å². The molecule has 4 nitrogen and oxygen atoms in total. The molecule has 1 aromatic carbocycles. The summed E-state index contributed by atoms with van der Waals surface area (Å²) in [5.74, 6) is 0. The zero-order chi connectivity index (χ0) is 12.8. The fourth-order valence-electron chi connectivity index (χ4n) is 2.13. The Labute approximate surface area is 112 Å². The summed E-state index contributed by atoms with van der Waals surface area (Å²) in [5, 5.41) is 18.0. The van der Waals surface area contributed by atoms with Crippen LogP contribution in [0.15, 0.2) is 28.5 Å². The molecule has 1 aliphatic rings. The molecule has 98 valence electrons. The molecule has 0 aliphatic heterocycles. The van der Waals surface area contributed by atoms with Crippen LogP contribution in [0.3, 0.4) is 0 Å². The number of halogens is 1. The molecule has 0 heterocycles. The maximum absolute atomic E-state index is 9.11. The molecule has 1 aromatic rings. The van der Waals surface area contributed by atoms with E-state index in [0.29, 0.717) is 16.6 Å². The lowest BCUT2D eigenvalue weighted by atomic mass is 9.96. The molecule has 5 heteroatoms. The summed E-state index contributed by atoms with van der Waals surface area (Å²) in [4.78, 5) is 0. The van der Waals surface area contributed by atoms with E-state index in [2.05, 4.69) is 15.8 Å². The lowest BCUT2D eigenvalue weighted by Crippen LogP contribution is -2.09. The van der Waals surface area contributed by atoms with Gasteiger partial charge in [0.2, 0.25) is 0 Å². The van der Waals surface area contributed by atoms with Crippen LogP contribution >= 0.6 is 11.6 Å². The van der Waals surface area contributed by atoms with Crippen LogP contribution in [-0.4, -0.2) is 11.1 Å². The molecule has 2 N–H and O–H groups in total. The summed E-state index contributed by atoms with van der Waals surface area (Å²) in [5.41, 5.74) is 4.37. The third kappa shape index (κ3) is 3.68. The van der Waals surface area contributed by atoms with E-state index in [-0.39, 0.29) is 6.61 Å². The average molecular weight is 268 g/mol. The number of anilines is 1. The first-order chi connectivity index (χ1) is 8.79. The van der Waals surface area contributed by atoms with Gasteiger partial charge < -0.3 is 5.11 Å². The number of rotatable bonds is 4. The highest BCUT2D eigenvalue weighted by molar-refractivity contribution is 6.31. The van der Waals surface area contributed by atoms with E-state index < -0.39 is 0 Å². The highest BCUT2D eigenvalue weighted by Gasteiger charge is 2.11. The van der Waals surface area contributed by atoms with Crippen molar-refractivity contribution in [2.45, 2.75) is 44.8 Å². The average Bonchev–Trinajstić information content (AvgIpc) is 2.42. The van der Waals surface area contributed by atoms with E-state index in [0.717, 1.165) is 18.5 Å². The van der Waals surface area contributed by atoms with E-state index >= 15 is 0 Å². The minimum atomic E-state index is -0.0753. The number of hydrogen-bond acceptors (Lipinski definition) is 3. The van der Waals surface area contributed by atoms with Gasteiger partial charge in [0.15, 0.2) is 0 Å². The predicted octanol–water partition coefficient (Wildman–Crippen LogP) is 3.94. The second kappa shape index (κ2) is 6.71. The molecule has 0 radical (unpaired) electrons. The molecular formula is C13H18ClN3O. The van der Waals surface area contributed by atoms with E-state index in [4.69, 9.17) is 16.7 Å². The summed E-state index contributed by atoms with van der Waals surface area (Å²) in [6.07, 6.45) is 6.08. The van der Waals surface area contributed by atoms with Crippen molar-refractivity contribution in [2.75, 3.05) is 5.43 Å². The predicted molar refractivity (Wildman–Crippen MR) is 72.7 cm³/mol.